The summed E-state index contributed by atoms with van der Waals surface area (Å²) < 4.78 is 5.25. The van der Waals surface area contributed by atoms with Crippen LogP contribution < -0.4 is 11.1 Å². The summed E-state index contributed by atoms with van der Waals surface area (Å²) in [5.41, 5.74) is 5.36. The lowest BCUT2D eigenvalue weighted by atomic mass is 9.77. The largest absolute Gasteiger partial charge is 0.469 e. The molecule has 1 aliphatic rings. The summed E-state index contributed by atoms with van der Waals surface area (Å²) in [4.78, 5) is 11.9. The summed E-state index contributed by atoms with van der Waals surface area (Å²) in [6.07, 6.45) is 6.06. The Morgan fingerprint density at radius 3 is 2.94 bits per heavy atom. The van der Waals surface area contributed by atoms with Crippen molar-refractivity contribution in [2.75, 3.05) is 0 Å². The first-order chi connectivity index (χ1) is 8.10. The van der Waals surface area contributed by atoms with Crippen molar-refractivity contribution in [3.05, 3.63) is 24.2 Å². The summed E-state index contributed by atoms with van der Waals surface area (Å²) in [6, 6.07) is 3.96. The highest BCUT2D eigenvalue weighted by Crippen LogP contribution is 2.29. The zero-order valence-corrected chi connectivity index (χ0v) is 10.2. The number of hydrogen-bond donors (Lipinski definition) is 2. The maximum absolute atomic E-state index is 11.9. The molecule has 1 aromatic rings. The quantitative estimate of drug-likeness (QED) is 0.816. The minimum absolute atomic E-state index is 0.00399. The number of furan rings is 1. The van der Waals surface area contributed by atoms with Gasteiger partial charge in [0.15, 0.2) is 0 Å². The Balaban J connectivity index is 1.73. The second-order valence-electron chi connectivity index (χ2n) is 5.00. The number of hydrogen-bond acceptors (Lipinski definition) is 3. The van der Waals surface area contributed by atoms with Crippen LogP contribution in [0.4, 0.5) is 0 Å². The molecule has 1 unspecified atom stereocenters. The Labute approximate surface area is 102 Å². The van der Waals surface area contributed by atoms with Gasteiger partial charge in [-0.1, -0.05) is 0 Å². The molecule has 1 aromatic heterocycles. The smallest absolute Gasteiger partial charge is 0.240 e. The molecule has 1 fully saturated rings. The molecule has 0 spiro atoms. The van der Waals surface area contributed by atoms with Crippen LogP contribution in [0.2, 0.25) is 0 Å². The van der Waals surface area contributed by atoms with Gasteiger partial charge < -0.3 is 15.5 Å². The molecule has 1 saturated carbocycles. The molecule has 1 aliphatic carbocycles. The van der Waals surface area contributed by atoms with Crippen molar-refractivity contribution in [1.29, 1.82) is 0 Å². The van der Waals surface area contributed by atoms with E-state index in [0.717, 1.165) is 37.9 Å². The van der Waals surface area contributed by atoms with E-state index in [1.807, 2.05) is 19.1 Å². The third-order valence-corrected chi connectivity index (χ3v) is 3.48. The molecule has 3 N–H and O–H groups in total. The average molecular weight is 236 g/mol. The molecule has 17 heavy (non-hydrogen) atoms. The molecule has 4 nitrogen and oxygen atoms in total. The number of carbonyl (C=O) groups is 1. The Hall–Kier alpha value is -1.29. The summed E-state index contributed by atoms with van der Waals surface area (Å²) in [5.74, 6) is 0.952. The fourth-order valence-electron chi connectivity index (χ4n) is 2.04. The van der Waals surface area contributed by atoms with Crippen molar-refractivity contribution >= 4 is 5.91 Å². The first kappa shape index (κ1) is 12.2. The topological polar surface area (TPSA) is 68.3 Å². The zero-order valence-electron chi connectivity index (χ0n) is 10.2. The van der Waals surface area contributed by atoms with Crippen molar-refractivity contribution in [3.63, 3.8) is 0 Å². The Morgan fingerprint density at radius 1 is 1.65 bits per heavy atom. The van der Waals surface area contributed by atoms with Crippen LogP contribution in [0.25, 0.3) is 0 Å². The maximum Gasteiger partial charge on any atom is 0.240 e. The third-order valence-electron chi connectivity index (χ3n) is 3.48. The van der Waals surface area contributed by atoms with Crippen molar-refractivity contribution in [2.24, 2.45) is 5.73 Å². The molecule has 0 saturated heterocycles. The lowest BCUT2D eigenvalue weighted by Crippen LogP contribution is -2.59. The van der Waals surface area contributed by atoms with Crippen molar-refractivity contribution in [3.8, 4) is 0 Å². The fourth-order valence-corrected chi connectivity index (χ4v) is 2.04. The molecule has 0 aliphatic heterocycles. The molecular weight excluding hydrogens is 216 g/mol. The van der Waals surface area contributed by atoms with Crippen LogP contribution in [0.5, 0.6) is 0 Å². The van der Waals surface area contributed by atoms with E-state index in [1.165, 1.54) is 0 Å². The summed E-state index contributed by atoms with van der Waals surface area (Å²) in [6.45, 7) is 2.00. The predicted octanol–water partition coefficient (Wildman–Crippen LogP) is 1.60. The van der Waals surface area contributed by atoms with E-state index in [9.17, 15) is 4.79 Å². The number of nitrogens with one attached hydrogen (secondary N) is 1. The first-order valence-electron chi connectivity index (χ1n) is 6.22. The molecule has 0 aromatic carbocycles. The van der Waals surface area contributed by atoms with Crippen molar-refractivity contribution in [2.45, 2.75) is 50.6 Å². The third kappa shape index (κ3) is 2.88. The second kappa shape index (κ2) is 4.92. The minimum Gasteiger partial charge on any atom is -0.469 e. The van der Waals surface area contributed by atoms with Gasteiger partial charge in [0.05, 0.1) is 11.8 Å². The number of nitrogens with two attached hydrogens (primary N) is 1. The highest BCUT2D eigenvalue weighted by Gasteiger charge is 2.40. The van der Waals surface area contributed by atoms with E-state index in [2.05, 4.69) is 5.32 Å². The molecular formula is C13H20N2O2. The van der Waals surface area contributed by atoms with Crippen LogP contribution in [-0.4, -0.2) is 17.5 Å². The first-order valence-corrected chi connectivity index (χ1v) is 6.22. The van der Waals surface area contributed by atoms with Gasteiger partial charge in [-0.3, -0.25) is 4.79 Å². The lowest BCUT2D eigenvalue weighted by Gasteiger charge is -2.37. The Kier molecular flexibility index (Phi) is 3.52. The van der Waals surface area contributed by atoms with Gasteiger partial charge in [-0.2, -0.15) is 0 Å². The number of amides is 1. The summed E-state index contributed by atoms with van der Waals surface area (Å²) in [5, 5.41) is 2.98. The Morgan fingerprint density at radius 2 is 2.41 bits per heavy atom. The SMILES string of the molecule is CC(CCc1ccco1)NC(=O)C1(N)CCC1. The standard InChI is InChI=1S/C13H20N2O2/c1-10(5-6-11-4-2-9-17-11)15-12(16)13(14)7-3-8-13/h2,4,9-10H,3,5-8,14H2,1H3,(H,15,16). The van der Waals surface area contributed by atoms with Crippen LogP contribution in [0.15, 0.2) is 22.8 Å². The van der Waals surface area contributed by atoms with Gasteiger partial charge in [0.2, 0.25) is 5.91 Å². The van der Waals surface area contributed by atoms with E-state index in [-0.39, 0.29) is 11.9 Å². The zero-order chi connectivity index (χ0) is 12.3. The molecule has 2 rings (SSSR count). The van der Waals surface area contributed by atoms with Gasteiger partial charge in [-0.25, -0.2) is 0 Å². The monoisotopic (exact) mass is 236 g/mol. The molecule has 1 heterocycles. The average Bonchev–Trinajstić information content (AvgIpc) is 2.75. The molecule has 1 amide bonds. The maximum atomic E-state index is 11.9. The van der Waals surface area contributed by atoms with Gasteiger partial charge in [0.1, 0.15) is 5.76 Å². The number of rotatable bonds is 5. The molecule has 4 heteroatoms. The highest BCUT2D eigenvalue weighted by atomic mass is 16.3. The van der Waals surface area contributed by atoms with Crippen LogP contribution in [0.3, 0.4) is 0 Å². The summed E-state index contributed by atoms with van der Waals surface area (Å²) >= 11 is 0. The number of carbonyl (C=O) groups excluding carboxylic acids is 1. The van der Waals surface area contributed by atoms with E-state index < -0.39 is 5.54 Å². The van der Waals surface area contributed by atoms with Gasteiger partial charge in [-0.15, -0.1) is 0 Å². The highest BCUT2D eigenvalue weighted by molar-refractivity contribution is 5.87. The second-order valence-corrected chi connectivity index (χ2v) is 5.00. The number of aryl methyl sites for hydroxylation is 1. The van der Waals surface area contributed by atoms with Gasteiger partial charge in [-0.05, 0) is 44.7 Å². The normalized spacial score (nSPS) is 19.4. The van der Waals surface area contributed by atoms with Gasteiger partial charge in [0.25, 0.3) is 0 Å². The molecule has 0 bridgehead atoms. The van der Waals surface area contributed by atoms with E-state index in [4.69, 9.17) is 10.2 Å². The van der Waals surface area contributed by atoms with Crippen molar-refractivity contribution in [1.82, 2.24) is 5.32 Å². The van der Waals surface area contributed by atoms with Crippen LogP contribution >= 0.6 is 0 Å². The van der Waals surface area contributed by atoms with Crippen LogP contribution in [0.1, 0.15) is 38.4 Å². The van der Waals surface area contributed by atoms with E-state index >= 15 is 0 Å². The fraction of sp³-hybridized carbons (Fsp3) is 0.615. The van der Waals surface area contributed by atoms with E-state index in [1.54, 1.807) is 6.26 Å². The van der Waals surface area contributed by atoms with Gasteiger partial charge in [0, 0.05) is 12.5 Å². The van der Waals surface area contributed by atoms with Crippen LogP contribution in [0, 0.1) is 0 Å². The summed E-state index contributed by atoms with van der Waals surface area (Å²) in [7, 11) is 0. The Bertz CT molecular complexity index is 369. The minimum atomic E-state index is -0.598. The van der Waals surface area contributed by atoms with Crippen LogP contribution in [-0.2, 0) is 11.2 Å². The van der Waals surface area contributed by atoms with E-state index in [0.29, 0.717) is 0 Å². The predicted molar refractivity (Wildman–Crippen MR) is 65.4 cm³/mol. The van der Waals surface area contributed by atoms with Crippen molar-refractivity contribution < 1.29 is 9.21 Å². The molecule has 1 atom stereocenters. The van der Waals surface area contributed by atoms with Gasteiger partial charge >= 0.3 is 0 Å². The molecule has 94 valence electrons. The molecule has 0 radical (unpaired) electrons. The lowest BCUT2D eigenvalue weighted by molar-refractivity contribution is -0.129.